The van der Waals surface area contributed by atoms with Crippen molar-refractivity contribution in [1.29, 1.82) is 0 Å². The predicted octanol–water partition coefficient (Wildman–Crippen LogP) is 2.34. The smallest absolute Gasteiger partial charge is 0.397 e. The molecule has 0 atom stereocenters. The molecule has 3 aromatic rings. The number of alkyl halides is 3. The van der Waals surface area contributed by atoms with E-state index in [-0.39, 0.29) is 28.4 Å². The quantitative estimate of drug-likeness (QED) is 0.750. The van der Waals surface area contributed by atoms with Crippen LogP contribution in [0.25, 0.3) is 22.6 Å². The lowest BCUT2D eigenvalue weighted by Gasteiger charge is -2.07. The number of nitrogens with two attached hydrogens (primary N) is 2. The summed E-state index contributed by atoms with van der Waals surface area (Å²) in [6.45, 7) is 0. The van der Waals surface area contributed by atoms with E-state index in [0.29, 0.717) is 5.52 Å². The number of aryl methyl sites for hydroxylation is 1. The van der Waals surface area contributed by atoms with Crippen molar-refractivity contribution in [2.24, 2.45) is 12.8 Å². The Hall–Kier alpha value is -3.10. The fourth-order valence-electron chi connectivity index (χ4n) is 2.37. The highest BCUT2D eigenvalue weighted by Gasteiger charge is 2.31. The molecule has 3 rings (SSSR count). The molecule has 124 valence electrons. The van der Waals surface area contributed by atoms with Crippen LogP contribution in [0.3, 0.4) is 0 Å². The zero-order valence-corrected chi connectivity index (χ0v) is 12.4. The van der Waals surface area contributed by atoms with Crippen LogP contribution >= 0.6 is 0 Å². The van der Waals surface area contributed by atoms with Gasteiger partial charge in [-0.05, 0) is 30.3 Å². The van der Waals surface area contributed by atoms with Gasteiger partial charge in [-0.3, -0.25) is 4.79 Å². The second-order valence-electron chi connectivity index (χ2n) is 5.19. The number of amides is 1. The maximum Gasteiger partial charge on any atom is 0.416 e. The number of hydrogen-bond donors (Lipinski definition) is 2. The molecule has 0 radical (unpaired) electrons. The van der Waals surface area contributed by atoms with Crippen molar-refractivity contribution < 1.29 is 18.0 Å². The third-order valence-corrected chi connectivity index (χ3v) is 3.60. The van der Waals surface area contributed by atoms with E-state index in [1.54, 1.807) is 11.6 Å². The molecule has 1 amide bonds. The Morgan fingerprint density at radius 3 is 2.50 bits per heavy atom. The minimum absolute atomic E-state index is 0.0118. The third-order valence-electron chi connectivity index (χ3n) is 3.60. The van der Waals surface area contributed by atoms with Crippen LogP contribution in [0, 0.1) is 0 Å². The van der Waals surface area contributed by atoms with E-state index < -0.39 is 17.6 Å². The predicted molar refractivity (Wildman–Crippen MR) is 81.9 cm³/mol. The molecule has 0 aliphatic carbocycles. The Bertz CT molecular complexity index is 962. The van der Waals surface area contributed by atoms with Crippen LogP contribution in [0.4, 0.5) is 18.9 Å². The van der Waals surface area contributed by atoms with E-state index in [0.717, 1.165) is 12.1 Å². The Labute approximate surface area is 133 Å². The third kappa shape index (κ3) is 2.53. The fourth-order valence-corrected chi connectivity index (χ4v) is 2.37. The first-order valence-electron chi connectivity index (χ1n) is 6.79. The number of rotatable bonds is 2. The Kier molecular flexibility index (Phi) is 3.43. The first-order chi connectivity index (χ1) is 11.2. The van der Waals surface area contributed by atoms with E-state index in [1.165, 1.54) is 18.2 Å². The van der Waals surface area contributed by atoms with E-state index >= 15 is 0 Å². The van der Waals surface area contributed by atoms with Gasteiger partial charge in [-0.25, -0.2) is 9.97 Å². The SMILES string of the molecule is Cn1c(-c2nc(C(N)=O)ccc2N)nc2cc(C(F)(F)F)ccc21. The van der Waals surface area contributed by atoms with Gasteiger partial charge in [0.1, 0.15) is 11.4 Å². The number of hydrogen-bond acceptors (Lipinski definition) is 4. The molecule has 4 N–H and O–H groups in total. The van der Waals surface area contributed by atoms with Gasteiger partial charge in [0.05, 0.1) is 22.3 Å². The maximum absolute atomic E-state index is 12.8. The average molecular weight is 335 g/mol. The van der Waals surface area contributed by atoms with Crippen molar-refractivity contribution in [3.8, 4) is 11.5 Å². The summed E-state index contributed by atoms with van der Waals surface area (Å²) in [7, 11) is 1.62. The number of nitrogen functional groups attached to an aromatic ring is 1. The Morgan fingerprint density at radius 1 is 1.17 bits per heavy atom. The summed E-state index contributed by atoms with van der Waals surface area (Å²) >= 11 is 0. The van der Waals surface area contributed by atoms with Crippen molar-refractivity contribution in [3.63, 3.8) is 0 Å². The summed E-state index contributed by atoms with van der Waals surface area (Å²) in [5, 5.41) is 0. The van der Waals surface area contributed by atoms with Crippen LogP contribution in [-0.2, 0) is 13.2 Å². The molecule has 0 fully saturated rings. The number of anilines is 1. The number of carbonyl (C=O) groups is 1. The van der Waals surface area contributed by atoms with Gasteiger partial charge in [-0.2, -0.15) is 13.2 Å². The van der Waals surface area contributed by atoms with E-state index in [9.17, 15) is 18.0 Å². The lowest BCUT2D eigenvalue weighted by atomic mass is 10.2. The summed E-state index contributed by atoms with van der Waals surface area (Å²) in [5.41, 5.74) is 11.3. The molecular formula is C15H12F3N5O. The molecule has 0 saturated carbocycles. The van der Waals surface area contributed by atoms with E-state index in [1.807, 2.05) is 0 Å². The van der Waals surface area contributed by atoms with Gasteiger partial charge in [-0.15, -0.1) is 0 Å². The number of primary amides is 1. The number of imidazole rings is 1. The summed E-state index contributed by atoms with van der Waals surface area (Å²) in [4.78, 5) is 19.5. The normalized spacial score (nSPS) is 11.8. The molecule has 6 nitrogen and oxygen atoms in total. The minimum Gasteiger partial charge on any atom is -0.397 e. The van der Waals surface area contributed by atoms with Crippen molar-refractivity contribution in [2.45, 2.75) is 6.18 Å². The van der Waals surface area contributed by atoms with Crippen LogP contribution in [0.15, 0.2) is 30.3 Å². The lowest BCUT2D eigenvalue weighted by Crippen LogP contribution is -2.14. The van der Waals surface area contributed by atoms with E-state index in [4.69, 9.17) is 11.5 Å². The topological polar surface area (TPSA) is 99.8 Å². The number of fused-ring (bicyclic) bond motifs is 1. The van der Waals surface area contributed by atoms with Crippen molar-refractivity contribution >= 4 is 22.6 Å². The average Bonchev–Trinajstić information content (AvgIpc) is 2.83. The van der Waals surface area contributed by atoms with Crippen LogP contribution in [0.5, 0.6) is 0 Å². The highest BCUT2D eigenvalue weighted by Crippen LogP contribution is 2.33. The van der Waals surface area contributed by atoms with Crippen molar-refractivity contribution in [2.75, 3.05) is 5.73 Å². The second kappa shape index (κ2) is 5.22. The summed E-state index contributed by atoms with van der Waals surface area (Å²) in [6.07, 6.45) is -4.46. The zero-order valence-electron chi connectivity index (χ0n) is 12.4. The monoisotopic (exact) mass is 335 g/mol. The number of benzene rings is 1. The zero-order chi connectivity index (χ0) is 17.6. The van der Waals surface area contributed by atoms with Crippen molar-refractivity contribution in [1.82, 2.24) is 14.5 Å². The highest BCUT2D eigenvalue weighted by molar-refractivity contribution is 5.92. The van der Waals surface area contributed by atoms with Crippen LogP contribution in [0.1, 0.15) is 16.1 Å². The first kappa shape index (κ1) is 15.8. The Morgan fingerprint density at radius 2 is 1.88 bits per heavy atom. The summed E-state index contributed by atoms with van der Waals surface area (Å²) in [6, 6.07) is 6.06. The summed E-state index contributed by atoms with van der Waals surface area (Å²) < 4.78 is 40.1. The molecule has 2 aromatic heterocycles. The molecular weight excluding hydrogens is 323 g/mol. The number of pyridine rings is 1. The van der Waals surface area contributed by atoms with Gasteiger partial charge in [0.15, 0.2) is 5.82 Å². The molecule has 0 aliphatic rings. The molecule has 0 aliphatic heterocycles. The van der Waals surface area contributed by atoms with Crippen molar-refractivity contribution in [3.05, 3.63) is 41.6 Å². The number of halogens is 3. The number of aromatic nitrogens is 3. The second-order valence-corrected chi connectivity index (χ2v) is 5.19. The number of carbonyl (C=O) groups excluding carboxylic acids is 1. The molecule has 9 heteroatoms. The minimum atomic E-state index is -4.46. The van der Waals surface area contributed by atoms with Crippen LogP contribution < -0.4 is 11.5 Å². The molecule has 0 saturated heterocycles. The van der Waals surface area contributed by atoms with Gasteiger partial charge < -0.3 is 16.0 Å². The van der Waals surface area contributed by atoms with Gasteiger partial charge in [0.2, 0.25) is 0 Å². The van der Waals surface area contributed by atoms with Crippen LogP contribution in [0.2, 0.25) is 0 Å². The molecule has 1 aromatic carbocycles. The standard InChI is InChI=1S/C15H12F3N5O/c1-23-11-5-2-7(15(16,17)18)6-10(11)22-14(23)12-8(19)3-4-9(21-12)13(20)24/h2-6H,19H2,1H3,(H2,20,24). The van der Waals surface area contributed by atoms with Gasteiger partial charge >= 0.3 is 6.18 Å². The van der Waals surface area contributed by atoms with Gasteiger partial charge in [-0.1, -0.05) is 0 Å². The molecule has 24 heavy (non-hydrogen) atoms. The van der Waals surface area contributed by atoms with Gasteiger partial charge in [0.25, 0.3) is 5.91 Å². The molecule has 0 spiro atoms. The first-order valence-corrected chi connectivity index (χ1v) is 6.79. The van der Waals surface area contributed by atoms with Gasteiger partial charge in [0, 0.05) is 7.05 Å². The lowest BCUT2D eigenvalue weighted by molar-refractivity contribution is -0.137. The number of nitrogens with zero attached hydrogens (tertiary/aromatic N) is 3. The largest absolute Gasteiger partial charge is 0.416 e. The van der Waals surface area contributed by atoms with Crippen LogP contribution in [-0.4, -0.2) is 20.4 Å². The molecule has 0 bridgehead atoms. The fraction of sp³-hybridized carbons (Fsp3) is 0.133. The Balaban J connectivity index is 2.22. The summed E-state index contributed by atoms with van der Waals surface area (Å²) in [5.74, 6) is -0.501. The molecule has 2 heterocycles. The molecule has 0 unspecified atom stereocenters. The maximum atomic E-state index is 12.8. The highest BCUT2D eigenvalue weighted by atomic mass is 19.4. The van der Waals surface area contributed by atoms with E-state index in [2.05, 4.69) is 9.97 Å².